The normalized spacial score (nSPS) is 14.8. The molecule has 0 amide bonds. The van der Waals surface area contributed by atoms with E-state index in [1.165, 1.54) is 11.3 Å². The molecule has 2 aromatic rings. The van der Waals surface area contributed by atoms with Gasteiger partial charge in [0.2, 0.25) is 5.95 Å². The second-order valence-corrected chi connectivity index (χ2v) is 7.03. The van der Waals surface area contributed by atoms with E-state index in [-0.39, 0.29) is 0 Å². The van der Waals surface area contributed by atoms with Crippen molar-refractivity contribution in [3.8, 4) is 0 Å². The van der Waals surface area contributed by atoms with Crippen molar-refractivity contribution in [2.75, 3.05) is 68.5 Å². The Labute approximate surface area is 156 Å². The van der Waals surface area contributed by atoms with Gasteiger partial charge < -0.3 is 20.0 Å². The van der Waals surface area contributed by atoms with Gasteiger partial charge in [0.1, 0.15) is 0 Å². The molecular formula is C19H29N7. The third-order valence-corrected chi connectivity index (χ3v) is 4.58. The minimum Gasteiger partial charge on any atom is -0.368 e. The number of aromatic nitrogens is 3. The van der Waals surface area contributed by atoms with Gasteiger partial charge in [-0.05, 0) is 51.7 Å². The monoisotopic (exact) mass is 355 g/mol. The predicted molar refractivity (Wildman–Crippen MR) is 107 cm³/mol. The predicted octanol–water partition coefficient (Wildman–Crippen LogP) is 1.87. The van der Waals surface area contributed by atoms with Gasteiger partial charge in [0, 0.05) is 38.4 Å². The van der Waals surface area contributed by atoms with E-state index in [0.717, 1.165) is 51.5 Å². The van der Waals surface area contributed by atoms with Crippen molar-refractivity contribution in [3.63, 3.8) is 0 Å². The smallest absolute Gasteiger partial charge is 0.244 e. The second-order valence-electron chi connectivity index (χ2n) is 7.03. The summed E-state index contributed by atoms with van der Waals surface area (Å²) in [7, 11) is 4.16. The fraction of sp³-hybridized carbons (Fsp3) is 0.526. The summed E-state index contributed by atoms with van der Waals surface area (Å²) in [4.78, 5) is 11.5. The Bertz CT molecular complexity index is 696. The molecule has 26 heavy (non-hydrogen) atoms. The first-order valence-electron chi connectivity index (χ1n) is 9.27. The lowest BCUT2D eigenvalue weighted by Crippen LogP contribution is -2.47. The number of benzene rings is 1. The second kappa shape index (κ2) is 8.80. The molecule has 0 radical (unpaired) electrons. The van der Waals surface area contributed by atoms with Crippen LogP contribution in [0, 0.1) is 6.92 Å². The van der Waals surface area contributed by atoms with Gasteiger partial charge in [-0.2, -0.15) is 10.1 Å². The third-order valence-electron chi connectivity index (χ3n) is 4.58. The van der Waals surface area contributed by atoms with Crippen LogP contribution in [0.3, 0.4) is 0 Å². The van der Waals surface area contributed by atoms with Crippen molar-refractivity contribution in [2.24, 2.45) is 0 Å². The lowest BCUT2D eigenvalue weighted by atomic mass is 10.2. The van der Waals surface area contributed by atoms with Gasteiger partial charge in [0.05, 0.1) is 6.20 Å². The van der Waals surface area contributed by atoms with Gasteiger partial charge in [-0.15, -0.1) is 5.10 Å². The van der Waals surface area contributed by atoms with E-state index in [0.29, 0.717) is 5.95 Å². The van der Waals surface area contributed by atoms with Gasteiger partial charge >= 0.3 is 0 Å². The molecule has 140 valence electrons. The third kappa shape index (κ3) is 5.05. The maximum atomic E-state index is 4.63. The fourth-order valence-corrected chi connectivity index (χ4v) is 3.14. The highest BCUT2D eigenvalue weighted by molar-refractivity contribution is 5.51. The van der Waals surface area contributed by atoms with Crippen LogP contribution in [0.4, 0.5) is 17.5 Å². The molecule has 1 aromatic heterocycles. The summed E-state index contributed by atoms with van der Waals surface area (Å²) in [5.74, 6) is 1.52. The molecule has 0 spiro atoms. The average Bonchev–Trinajstić information content (AvgIpc) is 2.65. The van der Waals surface area contributed by atoms with Crippen LogP contribution >= 0.6 is 0 Å². The minimum atomic E-state index is 0.613. The average molecular weight is 355 g/mol. The maximum Gasteiger partial charge on any atom is 0.244 e. The molecule has 1 aliphatic heterocycles. The van der Waals surface area contributed by atoms with Crippen LogP contribution in [0.5, 0.6) is 0 Å². The van der Waals surface area contributed by atoms with E-state index in [9.17, 15) is 0 Å². The Kier molecular flexibility index (Phi) is 6.22. The number of anilines is 3. The number of piperazine rings is 1. The number of aryl methyl sites for hydroxylation is 1. The van der Waals surface area contributed by atoms with Crippen molar-refractivity contribution in [2.45, 2.75) is 13.3 Å². The lowest BCUT2D eigenvalue weighted by Gasteiger charge is -2.36. The van der Waals surface area contributed by atoms with Gasteiger partial charge in [-0.25, -0.2) is 0 Å². The molecule has 0 aliphatic carbocycles. The molecule has 0 saturated carbocycles. The molecule has 0 bridgehead atoms. The molecule has 1 saturated heterocycles. The zero-order valence-electron chi connectivity index (χ0n) is 16.0. The quantitative estimate of drug-likeness (QED) is 0.761. The molecule has 7 nitrogen and oxygen atoms in total. The van der Waals surface area contributed by atoms with Crippen LogP contribution in [0.1, 0.15) is 12.0 Å². The van der Waals surface area contributed by atoms with Gasteiger partial charge in [0.15, 0.2) is 5.82 Å². The summed E-state index contributed by atoms with van der Waals surface area (Å²) in [6.45, 7) is 7.88. The van der Waals surface area contributed by atoms with Gasteiger partial charge in [-0.3, -0.25) is 0 Å². The van der Waals surface area contributed by atoms with Crippen molar-refractivity contribution < 1.29 is 0 Å². The van der Waals surface area contributed by atoms with Crippen LogP contribution < -0.4 is 15.1 Å². The molecule has 1 fully saturated rings. The highest BCUT2D eigenvalue weighted by Crippen LogP contribution is 2.20. The Balaban J connectivity index is 1.53. The summed E-state index contributed by atoms with van der Waals surface area (Å²) in [5, 5.41) is 11.5. The summed E-state index contributed by atoms with van der Waals surface area (Å²) in [6, 6.07) is 8.70. The number of nitrogens with zero attached hydrogens (tertiary/aromatic N) is 6. The highest BCUT2D eigenvalue weighted by atomic mass is 15.3. The molecule has 0 unspecified atom stereocenters. The molecule has 7 heteroatoms. The van der Waals surface area contributed by atoms with Crippen LogP contribution in [-0.4, -0.2) is 73.4 Å². The Morgan fingerprint density at radius 2 is 1.88 bits per heavy atom. The van der Waals surface area contributed by atoms with E-state index < -0.39 is 0 Å². The number of nitrogens with one attached hydrogen (secondary N) is 1. The first-order valence-corrected chi connectivity index (χ1v) is 9.27. The maximum absolute atomic E-state index is 4.63. The number of hydrogen-bond acceptors (Lipinski definition) is 7. The first-order chi connectivity index (χ1) is 12.6. The Morgan fingerprint density at radius 3 is 2.62 bits per heavy atom. The largest absolute Gasteiger partial charge is 0.368 e. The van der Waals surface area contributed by atoms with E-state index in [2.05, 4.69) is 80.5 Å². The van der Waals surface area contributed by atoms with Crippen LogP contribution in [0.2, 0.25) is 0 Å². The molecule has 1 aliphatic rings. The van der Waals surface area contributed by atoms with Crippen LogP contribution in [-0.2, 0) is 0 Å². The van der Waals surface area contributed by atoms with Crippen LogP contribution in [0.15, 0.2) is 30.5 Å². The SMILES string of the molecule is Cc1cccc(N2CCN(c3cnnc(NCCCN(C)C)n3)CC2)c1. The van der Waals surface area contributed by atoms with E-state index in [1.807, 2.05) is 0 Å². The lowest BCUT2D eigenvalue weighted by molar-refractivity contribution is 0.405. The molecule has 1 N–H and O–H groups in total. The molecule has 1 aromatic carbocycles. The van der Waals surface area contributed by atoms with Crippen LogP contribution in [0.25, 0.3) is 0 Å². The van der Waals surface area contributed by atoms with Gasteiger partial charge in [0.25, 0.3) is 0 Å². The fourth-order valence-electron chi connectivity index (χ4n) is 3.14. The van der Waals surface area contributed by atoms with Crippen molar-refractivity contribution in [3.05, 3.63) is 36.0 Å². The summed E-state index contributed by atoms with van der Waals surface area (Å²) in [6.07, 6.45) is 2.81. The Hall–Kier alpha value is -2.41. The number of hydrogen-bond donors (Lipinski definition) is 1. The Morgan fingerprint density at radius 1 is 1.12 bits per heavy atom. The highest BCUT2D eigenvalue weighted by Gasteiger charge is 2.19. The number of rotatable bonds is 7. The zero-order valence-corrected chi connectivity index (χ0v) is 16.0. The van der Waals surface area contributed by atoms with Crippen molar-refractivity contribution >= 4 is 17.5 Å². The zero-order chi connectivity index (χ0) is 18.4. The molecule has 2 heterocycles. The van der Waals surface area contributed by atoms with Gasteiger partial charge in [-0.1, -0.05) is 12.1 Å². The first kappa shape index (κ1) is 18.4. The van der Waals surface area contributed by atoms with E-state index in [1.54, 1.807) is 6.20 Å². The summed E-state index contributed by atoms with van der Waals surface area (Å²) >= 11 is 0. The van der Waals surface area contributed by atoms with E-state index in [4.69, 9.17) is 0 Å². The van der Waals surface area contributed by atoms with E-state index >= 15 is 0 Å². The summed E-state index contributed by atoms with van der Waals surface area (Å²) < 4.78 is 0. The summed E-state index contributed by atoms with van der Waals surface area (Å²) in [5.41, 5.74) is 2.60. The minimum absolute atomic E-state index is 0.613. The molecular weight excluding hydrogens is 326 g/mol. The molecule has 0 atom stereocenters. The standard InChI is InChI=1S/C19H29N7/c1-16-6-4-7-17(14-16)25-10-12-26(13-11-25)18-15-21-23-19(22-18)20-8-5-9-24(2)3/h4,6-7,14-15H,5,8-13H2,1-3H3,(H,20,22,23). The van der Waals surface area contributed by atoms with Crippen molar-refractivity contribution in [1.29, 1.82) is 0 Å². The topological polar surface area (TPSA) is 60.4 Å². The molecule has 3 rings (SSSR count). The van der Waals surface area contributed by atoms with Crippen molar-refractivity contribution in [1.82, 2.24) is 20.1 Å².